The molecule has 1 fully saturated rings. The summed E-state index contributed by atoms with van der Waals surface area (Å²) in [5, 5.41) is 14.2. The molecule has 1 saturated carbocycles. The highest BCUT2D eigenvalue weighted by molar-refractivity contribution is 6.05. The minimum absolute atomic E-state index is 0.231. The highest BCUT2D eigenvalue weighted by Crippen LogP contribution is 2.29. The monoisotopic (exact) mass is 432 g/mol. The largest absolute Gasteiger partial charge is 0.380 e. The van der Waals surface area contributed by atoms with Crippen molar-refractivity contribution in [2.24, 2.45) is 0 Å². The molecule has 172 valence electrons. The van der Waals surface area contributed by atoms with Crippen LogP contribution in [0, 0.1) is 0 Å². The van der Waals surface area contributed by atoms with Crippen molar-refractivity contribution in [1.29, 1.82) is 0 Å². The number of aromatic nitrogens is 4. The lowest BCUT2D eigenvalue weighted by atomic mass is 10.2. The molecule has 2 heterocycles. The molecule has 0 aromatic carbocycles. The van der Waals surface area contributed by atoms with E-state index in [-0.39, 0.29) is 5.91 Å². The number of carbonyl (C=O) groups excluding carboxylic acids is 1. The van der Waals surface area contributed by atoms with E-state index in [2.05, 4.69) is 28.0 Å². The molecule has 10 nitrogen and oxygen atoms in total. The molecule has 0 bridgehead atoms. The first-order valence-electron chi connectivity index (χ1n) is 11.4. The summed E-state index contributed by atoms with van der Waals surface area (Å²) in [5.74, 6) is 1.10. The van der Waals surface area contributed by atoms with E-state index < -0.39 is 0 Å². The Labute approximate surface area is 184 Å². The number of anilines is 2. The van der Waals surface area contributed by atoms with Gasteiger partial charge in [0.1, 0.15) is 11.0 Å². The fourth-order valence-electron chi connectivity index (χ4n) is 3.74. The highest BCUT2D eigenvalue weighted by atomic mass is 16.5. The van der Waals surface area contributed by atoms with Gasteiger partial charge in [-0.05, 0) is 33.7 Å². The molecule has 0 radical (unpaired) electrons. The molecule has 2 aromatic rings. The summed E-state index contributed by atoms with van der Waals surface area (Å²) in [6.07, 6.45) is 4.68. The standard InChI is InChI=1S/C21H36N8O2/c1-5-28(4)21-25-16-17(20(30)23-12-11-22-3)27-29(13-14-31-6-2)18(16)19(26-21)24-15-9-7-8-10-15/h15,22H,5-14H2,1-4H3,(H,23,30)(H,24,25,26). The Morgan fingerprint density at radius 2 is 2.00 bits per heavy atom. The van der Waals surface area contributed by atoms with Crippen molar-refractivity contribution in [3.8, 4) is 0 Å². The molecule has 31 heavy (non-hydrogen) atoms. The number of carbonyl (C=O) groups is 1. The summed E-state index contributed by atoms with van der Waals surface area (Å²) in [7, 11) is 3.80. The Kier molecular flexibility index (Phi) is 8.42. The molecule has 0 aliphatic heterocycles. The molecule has 1 amide bonds. The SMILES string of the molecule is CCOCCn1nc(C(=O)NCCNC)c2nc(N(C)CC)nc(NC3CCCC3)c21. The normalized spacial score (nSPS) is 14.3. The molecule has 0 saturated heterocycles. The molecule has 1 aliphatic carbocycles. The van der Waals surface area contributed by atoms with Crippen LogP contribution in [-0.4, -0.2) is 78.6 Å². The number of amides is 1. The average molecular weight is 433 g/mol. The van der Waals surface area contributed by atoms with Gasteiger partial charge in [0.05, 0.1) is 13.2 Å². The van der Waals surface area contributed by atoms with Crippen LogP contribution in [0.15, 0.2) is 0 Å². The van der Waals surface area contributed by atoms with Crippen LogP contribution < -0.4 is 20.9 Å². The topological polar surface area (TPSA) is 109 Å². The number of nitrogens with one attached hydrogen (secondary N) is 3. The fraction of sp³-hybridized carbons (Fsp3) is 0.714. The van der Waals surface area contributed by atoms with Crippen LogP contribution in [0.1, 0.15) is 50.0 Å². The first-order chi connectivity index (χ1) is 15.1. The number of nitrogens with zero attached hydrogens (tertiary/aromatic N) is 5. The van der Waals surface area contributed by atoms with E-state index in [1.54, 1.807) is 0 Å². The number of likely N-dealkylation sites (N-methyl/N-ethyl adjacent to an activating group) is 1. The minimum atomic E-state index is -0.231. The Bertz CT molecular complexity index is 863. The van der Waals surface area contributed by atoms with Gasteiger partial charge in [-0.2, -0.15) is 10.1 Å². The lowest BCUT2D eigenvalue weighted by molar-refractivity contribution is 0.0948. The third-order valence-electron chi connectivity index (χ3n) is 5.61. The predicted molar refractivity (Wildman–Crippen MR) is 123 cm³/mol. The van der Waals surface area contributed by atoms with Crippen molar-refractivity contribution in [3.63, 3.8) is 0 Å². The molecule has 2 aromatic heterocycles. The molecule has 0 spiro atoms. The molecule has 3 rings (SSSR count). The van der Waals surface area contributed by atoms with Crippen LogP contribution in [0.3, 0.4) is 0 Å². The molecule has 1 aliphatic rings. The van der Waals surface area contributed by atoms with Gasteiger partial charge in [-0.25, -0.2) is 4.98 Å². The van der Waals surface area contributed by atoms with Crippen molar-refractivity contribution in [2.75, 3.05) is 57.2 Å². The van der Waals surface area contributed by atoms with Gasteiger partial charge >= 0.3 is 0 Å². The van der Waals surface area contributed by atoms with E-state index in [4.69, 9.17) is 14.7 Å². The fourth-order valence-corrected chi connectivity index (χ4v) is 3.74. The van der Waals surface area contributed by atoms with Gasteiger partial charge in [0, 0.05) is 39.3 Å². The van der Waals surface area contributed by atoms with Crippen LogP contribution in [0.2, 0.25) is 0 Å². The van der Waals surface area contributed by atoms with Crippen molar-refractivity contribution >= 4 is 28.7 Å². The summed E-state index contributed by atoms with van der Waals surface area (Å²) in [4.78, 5) is 24.5. The lowest BCUT2D eigenvalue weighted by Gasteiger charge is -2.19. The number of hydrogen-bond acceptors (Lipinski definition) is 8. The number of rotatable bonds is 12. The summed E-state index contributed by atoms with van der Waals surface area (Å²) in [6, 6.07) is 0.376. The van der Waals surface area contributed by atoms with Crippen LogP contribution in [0.4, 0.5) is 11.8 Å². The second-order valence-electron chi connectivity index (χ2n) is 7.84. The third-order valence-corrected chi connectivity index (χ3v) is 5.61. The van der Waals surface area contributed by atoms with Crippen molar-refractivity contribution in [3.05, 3.63) is 5.69 Å². The summed E-state index contributed by atoms with van der Waals surface area (Å²) in [5.41, 5.74) is 1.66. The third kappa shape index (κ3) is 5.62. The maximum absolute atomic E-state index is 12.9. The Morgan fingerprint density at radius 3 is 2.68 bits per heavy atom. The smallest absolute Gasteiger partial charge is 0.274 e. The van der Waals surface area contributed by atoms with E-state index in [1.807, 2.05) is 30.6 Å². The maximum Gasteiger partial charge on any atom is 0.274 e. The number of fused-ring (bicyclic) bond motifs is 1. The summed E-state index contributed by atoms with van der Waals surface area (Å²) >= 11 is 0. The van der Waals surface area contributed by atoms with Gasteiger partial charge in [-0.15, -0.1) is 0 Å². The number of hydrogen-bond donors (Lipinski definition) is 3. The average Bonchev–Trinajstić information content (AvgIpc) is 3.41. The Hall–Kier alpha value is -2.46. The second-order valence-corrected chi connectivity index (χ2v) is 7.84. The van der Waals surface area contributed by atoms with Gasteiger partial charge in [0.15, 0.2) is 11.5 Å². The molecular weight excluding hydrogens is 396 g/mol. The van der Waals surface area contributed by atoms with E-state index >= 15 is 0 Å². The van der Waals surface area contributed by atoms with Gasteiger partial charge in [-0.3, -0.25) is 9.48 Å². The zero-order chi connectivity index (χ0) is 22.2. The van der Waals surface area contributed by atoms with Crippen LogP contribution in [0.5, 0.6) is 0 Å². The van der Waals surface area contributed by atoms with Crippen LogP contribution in [-0.2, 0) is 11.3 Å². The van der Waals surface area contributed by atoms with Crippen LogP contribution in [0.25, 0.3) is 11.0 Å². The van der Waals surface area contributed by atoms with Gasteiger partial charge in [0.2, 0.25) is 5.95 Å². The minimum Gasteiger partial charge on any atom is -0.380 e. The summed E-state index contributed by atoms with van der Waals surface area (Å²) in [6.45, 7) is 7.64. The molecule has 3 N–H and O–H groups in total. The van der Waals surface area contributed by atoms with E-state index in [0.717, 1.165) is 30.7 Å². The Morgan fingerprint density at radius 1 is 1.23 bits per heavy atom. The van der Waals surface area contributed by atoms with Gasteiger partial charge < -0.3 is 25.6 Å². The van der Waals surface area contributed by atoms with Crippen molar-refractivity contribution < 1.29 is 9.53 Å². The first kappa shape index (κ1) is 23.2. The van der Waals surface area contributed by atoms with E-state index in [0.29, 0.717) is 56.0 Å². The zero-order valence-electron chi connectivity index (χ0n) is 19.2. The lowest BCUT2D eigenvalue weighted by Crippen LogP contribution is -2.31. The van der Waals surface area contributed by atoms with E-state index in [1.165, 1.54) is 12.8 Å². The maximum atomic E-state index is 12.9. The van der Waals surface area contributed by atoms with Crippen molar-refractivity contribution in [1.82, 2.24) is 30.4 Å². The molecule has 0 unspecified atom stereocenters. The molecule has 10 heteroatoms. The Balaban J connectivity index is 2.07. The predicted octanol–water partition coefficient (Wildman–Crippen LogP) is 1.62. The van der Waals surface area contributed by atoms with E-state index in [9.17, 15) is 4.79 Å². The van der Waals surface area contributed by atoms with Gasteiger partial charge in [0.25, 0.3) is 5.91 Å². The molecule has 0 atom stereocenters. The second kappa shape index (κ2) is 11.2. The quantitative estimate of drug-likeness (QED) is 0.434. The molecular formula is C21H36N8O2. The van der Waals surface area contributed by atoms with Crippen LogP contribution >= 0.6 is 0 Å². The highest BCUT2D eigenvalue weighted by Gasteiger charge is 2.25. The first-order valence-corrected chi connectivity index (χ1v) is 11.4. The summed E-state index contributed by atoms with van der Waals surface area (Å²) < 4.78 is 7.36. The van der Waals surface area contributed by atoms with Gasteiger partial charge in [-0.1, -0.05) is 12.8 Å². The number of ether oxygens (including phenoxy) is 1. The van der Waals surface area contributed by atoms with Crippen molar-refractivity contribution in [2.45, 2.75) is 52.1 Å². The zero-order valence-corrected chi connectivity index (χ0v) is 19.2.